The van der Waals surface area contributed by atoms with Crippen molar-refractivity contribution < 1.29 is 14.3 Å². The van der Waals surface area contributed by atoms with Gasteiger partial charge in [-0.2, -0.15) is 0 Å². The Morgan fingerprint density at radius 2 is 1.65 bits per heavy atom. The van der Waals surface area contributed by atoms with Crippen LogP contribution in [0.15, 0.2) is 93.6 Å². The summed E-state index contributed by atoms with van der Waals surface area (Å²) >= 11 is 8.50. The van der Waals surface area contributed by atoms with Crippen LogP contribution >= 0.6 is 35.1 Å². The summed E-state index contributed by atoms with van der Waals surface area (Å²) in [6.45, 7) is 0.455. The monoisotopic (exact) mass is 467 g/mol. The fourth-order valence-corrected chi connectivity index (χ4v) is 4.83. The first kappa shape index (κ1) is 21.6. The second-order valence-corrected chi connectivity index (χ2v) is 9.13. The Balaban J connectivity index is 1.46. The van der Waals surface area contributed by atoms with Gasteiger partial charge < -0.3 is 4.74 Å². The smallest absolute Gasteiger partial charge is 0.293 e. The predicted octanol–water partition coefficient (Wildman–Crippen LogP) is 6.61. The van der Waals surface area contributed by atoms with E-state index < -0.39 is 0 Å². The number of hydrogen-bond acceptors (Lipinski definition) is 5. The van der Waals surface area contributed by atoms with Gasteiger partial charge in [0.15, 0.2) is 0 Å². The number of benzene rings is 3. The minimum Gasteiger partial charge on any atom is -0.492 e. The summed E-state index contributed by atoms with van der Waals surface area (Å²) in [5, 5.41) is 0.401. The lowest BCUT2D eigenvalue weighted by atomic mass is 10.2. The number of amides is 2. The van der Waals surface area contributed by atoms with Gasteiger partial charge in [-0.1, -0.05) is 59.8 Å². The average molecular weight is 468 g/mol. The number of carbonyl (C=O) groups is 2. The summed E-state index contributed by atoms with van der Waals surface area (Å²) in [7, 11) is 0. The molecule has 3 aromatic carbocycles. The average Bonchev–Trinajstić information content (AvgIpc) is 3.05. The second-order valence-electron chi connectivity index (χ2n) is 6.59. The third-order valence-corrected chi connectivity index (χ3v) is 6.71. The summed E-state index contributed by atoms with van der Waals surface area (Å²) in [4.78, 5) is 28.9. The first-order valence-corrected chi connectivity index (χ1v) is 11.6. The number of halogens is 1. The normalized spacial score (nSPS) is 15.0. The number of rotatable bonds is 7. The fourth-order valence-electron chi connectivity index (χ4n) is 2.93. The highest BCUT2D eigenvalue weighted by Crippen LogP contribution is 2.36. The Morgan fingerprint density at radius 1 is 0.935 bits per heavy atom. The maximum atomic E-state index is 12.8. The van der Waals surface area contributed by atoms with E-state index in [1.165, 1.54) is 4.90 Å². The van der Waals surface area contributed by atoms with Gasteiger partial charge in [0, 0.05) is 14.8 Å². The maximum Gasteiger partial charge on any atom is 0.293 e. The van der Waals surface area contributed by atoms with Gasteiger partial charge in [-0.3, -0.25) is 14.5 Å². The third-order valence-electron chi connectivity index (χ3n) is 4.45. The standard InChI is InChI=1S/C24H18ClNO3S2/c25-18-10-12-20(13-11-18)30-21-9-5-4-6-17(21)16-22-23(27)26(24(28)31-22)14-15-29-19-7-2-1-3-8-19/h1-13,16H,14-15H2/b22-16-. The van der Waals surface area contributed by atoms with E-state index in [9.17, 15) is 9.59 Å². The number of carbonyl (C=O) groups excluding carboxylic acids is 2. The fraction of sp³-hybridized carbons (Fsp3) is 0.0833. The van der Waals surface area contributed by atoms with Crippen molar-refractivity contribution in [2.24, 2.45) is 0 Å². The van der Waals surface area contributed by atoms with Crippen molar-refractivity contribution in [1.82, 2.24) is 4.90 Å². The highest BCUT2D eigenvalue weighted by Gasteiger charge is 2.34. The van der Waals surface area contributed by atoms with Gasteiger partial charge in [0.2, 0.25) is 0 Å². The van der Waals surface area contributed by atoms with E-state index in [1.54, 1.807) is 17.8 Å². The molecule has 0 radical (unpaired) electrons. The van der Waals surface area contributed by atoms with E-state index in [4.69, 9.17) is 16.3 Å². The SMILES string of the molecule is O=C1S/C(=C\c2ccccc2Sc2ccc(Cl)cc2)C(=O)N1CCOc1ccccc1. The molecule has 4 rings (SSSR count). The Kier molecular flexibility index (Phi) is 7.02. The molecule has 0 atom stereocenters. The lowest BCUT2D eigenvalue weighted by Gasteiger charge is -2.13. The van der Waals surface area contributed by atoms with Gasteiger partial charge in [-0.25, -0.2) is 0 Å². The van der Waals surface area contributed by atoms with Crippen molar-refractivity contribution in [2.45, 2.75) is 9.79 Å². The van der Waals surface area contributed by atoms with Crippen molar-refractivity contribution in [2.75, 3.05) is 13.2 Å². The summed E-state index contributed by atoms with van der Waals surface area (Å²) in [5.74, 6) is 0.413. The molecule has 0 N–H and O–H groups in total. The molecular formula is C24H18ClNO3S2. The number of ether oxygens (including phenoxy) is 1. The third kappa shape index (κ3) is 5.53. The summed E-state index contributed by atoms with van der Waals surface area (Å²) in [6.07, 6.45) is 1.78. The molecule has 31 heavy (non-hydrogen) atoms. The molecule has 0 unspecified atom stereocenters. The molecule has 1 fully saturated rings. The maximum absolute atomic E-state index is 12.8. The van der Waals surface area contributed by atoms with E-state index in [0.29, 0.717) is 15.7 Å². The highest BCUT2D eigenvalue weighted by molar-refractivity contribution is 8.18. The molecule has 0 aromatic heterocycles. The quantitative estimate of drug-likeness (QED) is 0.366. The molecule has 1 aliphatic heterocycles. The number of nitrogens with zero attached hydrogens (tertiary/aromatic N) is 1. The van der Waals surface area contributed by atoms with Crippen molar-refractivity contribution in [1.29, 1.82) is 0 Å². The van der Waals surface area contributed by atoms with Crippen LogP contribution in [-0.2, 0) is 4.79 Å². The van der Waals surface area contributed by atoms with Gasteiger partial charge in [0.05, 0.1) is 11.4 Å². The molecule has 3 aromatic rings. The molecule has 0 aliphatic carbocycles. The van der Waals surface area contributed by atoms with Crippen LogP contribution in [-0.4, -0.2) is 29.2 Å². The number of hydrogen-bond donors (Lipinski definition) is 0. The molecule has 1 aliphatic rings. The number of imide groups is 1. The van der Waals surface area contributed by atoms with Gasteiger partial charge in [0.1, 0.15) is 12.4 Å². The molecule has 1 heterocycles. The summed E-state index contributed by atoms with van der Waals surface area (Å²) in [6, 6.07) is 24.7. The van der Waals surface area contributed by atoms with E-state index in [-0.39, 0.29) is 24.3 Å². The van der Waals surface area contributed by atoms with Crippen LogP contribution in [0.3, 0.4) is 0 Å². The molecule has 2 amide bonds. The van der Waals surface area contributed by atoms with E-state index in [0.717, 1.165) is 27.1 Å². The zero-order valence-electron chi connectivity index (χ0n) is 16.4. The van der Waals surface area contributed by atoms with Crippen LogP contribution in [0.4, 0.5) is 4.79 Å². The van der Waals surface area contributed by atoms with Crippen LogP contribution in [0.1, 0.15) is 5.56 Å². The highest BCUT2D eigenvalue weighted by atomic mass is 35.5. The van der Waals surface area contributed by atoms with Crippen molar-refractivity contribution in [3.63, 3.8) is 0 Å². The van der Waals surface area contributed by atoms with E-state index in [2.05, 4.69) is 0 Å². The minimum atomic E-state index is -0.294. The Morgan fingerprint density at radius 3 is 2.42 bits per heavy atom. The zero-order valence-corrected chi connectivity index (χ0v) is 18.8. The molecular weight excluding hydrogens is 450 g/mol. The first-order valence-electron chi connectivity index (χ1n) is 9.56. The van der Waals surface area contributed by atoms with Gasteiger partial charge in [0.25, 0.3) is 11.1 Å². The van der Waals surface area contributed by atoms with E-state index >= 15 is 0 Å². The van der Waals surface area contributed by atoms with Gasteiger partial charge in [-0.15, -0.1) is 0 Å². The number of para-hydroxylation sites is 1. The number of thioether (sulfide) groups is 1. The summed E-state index contributed by atoms with van der Waals surface area (Å²) in [5.41, 5.74) is 0.883. The van der Waals surface area contributed by atoms with Gasteiger partial charge >= 0.3 is 0 Å². The lowest BCUT2D eigenvalue weighted by Crippen LogP contribution is -2.32. The predicted molar refractivity (Wildman–Crippen MR) is 127 cm³/mol. The molecule has 0 spiro atoms. The first-order chi connectivity index (χ1) is 15.1. The zero-order chi connectivity index (χ0) is 21.6. The molecule has 156 valence electrons. The molecule has 7 heteroatoms. The van der Waals surface area contributed by atoms with Crippen molar-refractivity contribution >= 4 is 52.3 Å². The van der Waals surface area contributed by atoms with Crippen LogP contribution in [0.5, 0.6) is 5.75 Å². The Bertz CT molecular complexity index is 1120. The summed E-state index contributed by atoms with van der Waals surface area (Å²) < 4.78 is 5.62. The second kappa shape index (κ2) is 10.1. The van der Waals surface area contributed by atoms with Crippen LogP contribution < -0.4 is 4.74 Å². The minimum absolute atomic E-state index is 0.206. The lowest BCUT2D eigenvalue weighted by molar-refractivity contribution is -0.123. The van der Waals surface area contributed by atoms with Crippen molar-refractivity contribution in [3.05, 3.63) is 94.4 Å². The largest absolute Gasteiger partial charge is 0.492 e. The topological polar surface area (TPSA) is 46.6 Å². The Hall–Kier alpha value is -2.67. The van der Waals surface area contributed by atoms with Gasteiger partial charge in [-0.05, 0) is 65.9 Å². The molecule has 1 saturated heterocycles. The Labute approximate surface area is 194 Å². The van der Waals surface area contributed by atoms with E-state index in [1.807, 2.05) is 78.9 Å². The van der Waals surface area contributed by atoms with Crippen molar-refractivity contribution in [3.8, 4) is 5.75 Å². The van der Waals surface area contributed by atoms with Crippen LogP contribution in [0.2, 0.25) is 5.02 Å². The van der Waals surface area contributed by atoms with Crippen LogP contribution in [0, 0.1) is 0 Å². The van der Waals surface area contributed by atoms with Crippen LogP contribution in [0.25, 0.3) is 6.08 Å². The molecule has 4 nitrogen and oxygen atoms in total. The molecule has 0 bridgehead atoms. The molecule has 0 saturated carbocycles.